The van der Waals surface area contributed by atoms with Crippen LogP contribution in [0.2, 0.25) is 5.02 Å². The van der Waals surface area contributed by atoms with Crippen LogP contribution in [-0.2, 0) is 17.1 Å². The molecule has 0 fully saturated rings. The zero-order valence-corrected chi connectivity index (χ0v) is 15.8. The van der Waals surface area contributed by atoms with Gasteiger partial charge in [0.05, 0.1) is 22.1 Å². The zero-order chi connectivity index (χ0) is 20.7. The maximum Gasteiger partial charge on any atom is 0.408 e. The number of hydrogen-bond donors (Lipinski definition) is 1. The lowest BCUT2D eigenvalue weighted by atomic mass is 10.1. The maximum absolute atomic E-state index is 13.5. The van der Waals surface area contributed by atoms with Crippen LogP contribution in [0.15, 0.2) is 58.4 Å². The maximum atomic E-state index is 13.5. The quantitative estimate of drug-likeness (QED) is 0.688. The van der Waals surface area contributed by atoms with Crippen LogP contribution in [0.4, 0.5) is 13.2 Å². The summed E-state index contributed by atoms with van der Waals surface area (Å²) >= 11 is 5.69. The van der Waals surface area contributed by atoms with Gasteiger partial charge in [-0.3, -0.25) is 4.79 Å². The molecule has 3 rings (SSSR count). The number of hydrogen-bond acceptors (Lipinski definition) is 4. The molecule has 1 atom stereocenters. The Morgan fingerprint density at radius 3 is 2.39 bits per heavy atom. The molecule has 0 saturated carbocycles. The second-order valence-corrected chi connectivity index (χ2v) is 8.10. The van der Waals surface area contributed by atoms with Gasteiger partial charge in [-0.2, -0.15) is 17.9 Å². The van der Waals surface area contributed by atoms with Gasteiger partial charge in [0.15, 0.2) is 0 Å². The van der Waals surface area contributed by atoms with Gasteiger partial charge in [0.2, 0.25) is 10.0 Å². The van der Waals surface area contributed by atoms with Crippen molar-refractivity contribution in [1.82, 2.24) is 14.3 Å². The summed E-state index contributed by atoms with van der Waals surface area (Å²) in [4.78, 5) is 15.0. The summed E-state index contributed by atoms with van der Waals surface area (Å²) in [6.45, 7) is 0. The standard InChI is InChI=1S/C17H13ClF3N3O3S/c1-24-14-7-6-12(8-13(14)22-9-15(24)25)28(26,27)23-16(17(19,20)21)10-2-4-11(18)5-3-10/h2-9,16,23H,1H3/t16-/m1/s1. The first-order chi connectivity index (χ1) is 13.0. The Bertz CT molecular complexity index is 1190. The van der Waals surface area contributed by atoms with Crippen LogP contribution < -0.4 is 10.3 Å². The van der Waals surface area contributed by atoms with Crippen LogP contribution in [0.1, 0.15) is 11.6 Å². The predicted octanol–water partition coefficient (Wildman–Crippen LogP) is 3.17. The van der Waals surface area contributed by atoms with Crippen LogP contribution in [0, 0.1) is 0 Å². The Morgan fingerprint density at radius 1 is 1.14 bits per heavy atom. The number of rotatable bonds is 4. The fourth-order valence-electron chi connectivity index (χ4n) is 2.59. The van der Waals surface area contributed by atoms with E-state index in [1.165, 1.54) is 29.8 Å². The minimum atomic E-state index is -4.88. The third-order valence-corrected chi connectivity index (χ3v) is 5.74. The molecule has 0 saturated heterocycles. The molecule has 1 heterocycles. The molecule has 0 aliphatic rings. The Kier molecular flexibility index (Phi) is 5.22. The molecule has 0 amide bonds. The zero-order valence-electron chi connectivity index (χ0n) is 14.2. The van der Waals surface area contributed by atoms with Crippen LogP contribution in [0.25, 0.3) is 11.0 Å². The lowest BCUT2D eigenvalue weighted by molar-refractivity contribution is -0.153. The van der Waals surface area contributed by atoms with E-state index in [1.54, 1.807) is 4.72 Å². The molecule has 0 unspecified atom stereocenters. The largest absolute Gasteiger partial charge is 0.408 e. The van der Waals surface area contributed by atoms with Crippen molar-refractivity contribution in [2.45, 2.75) is 17.1 Å². The van der Waals surface area contributed by atoms with Crippen molar-refractivity contribution in [1.29, 1.82) is 0 Å². The molecular weight excluding hydrogens is 419 g/mol. The third-order valence-electron chi connectivity index (χ3n) is 4.07. The molecule has 0 aliphatic carbocycles. The summed E-state index contributed by atoms with van der Waals surface area (Å²) < 4.78 is 68.6. The summed E-state index contributed by atoms with van der Waals surface area (Å²) in [5.41, 5.74) is -0.209. The number of benzene rings is 2. The van der Waals surface area contributed by atoms with Crippen LogP contribution in [0.5, 0.6) is 0 Å². The van der Waals surface area contributed by atoms with Gasteiger partial charge in [0.25, 0.3) is 5.56 Å². The number of aromatic nitrogens is 2. The molecule has 6 nitrogen and oxygen atoms in total. The molecule has 2 aromatic carbocycles. The van der Waals surface area contributed by atoms with E-state index >= 15 is 0 Å². The van der Waals surface area contributed by atoms with Crippen molar-refractivity contribution in [3.63, 3.8) is 0 Å². The molecule has 11 heteroatoms. The van der Waals surface area contributed by atoms with E-state index in [0.717, 1.165) is 30.5 Å². The average Bonchev–Trinajstić information content (AvgIpc) is 2.62. The Labute approximate surface area is 162 Å². The molecular formula is C17H13ClF3N3O3S. The molecule has 1 N–H and O–H groups in total. The molecule has 28 heavy (non-hydrogen) atoms. The molecule has 0 bridgehead atoms. The SMILES string of the molecule is Cn1c(=O)cnc2cc(S(=O)(=O)N[C@H](c3ccc(Cl)cc3)C(F)(F)F)ccc21. The Morgan fingerprint density at radius 2 is 1.79 bits per heavy atom. The highest BCUT2D eigenvalue weighted by molar-refractivity contribution is 7.89. The Balaban J connectivity index is 2.03. The highest BCUT2D eigenvalue weighted by atomic mass is 35.5. The minimum absolute atomic E-state index is 0.153. The van der Waals surface area contributed by atoms with Crippen molar-refractivity contribution >= 4 is 32.7 Å². The van der Waals surface area contributed by atoms with Gasteiger partial charge in [-0.05, 0) is 35.9 Å². The second-order valence-electron chi connectivity index (χ2n) is 5.95. The summed E-state index contributed by atoms with van der Waals surface area (Å²) in [6.07, 6.45) is -3.88. The highest BCUT2D eigenvalue weighted by Gasteiger charge is 2.43. The number of alkyl halides is 3. The lowest BCUT2D eigenvalue weighted by Crippen LogP contribution is -2.38. The van der Waals surface area contributed by atoms with E-state index < -0.39 is 32.7 Å². The topological polar surface area (TPSA) is 81.1 Å². The normalized spacial score (nSPS) is 13.6. The Hall–Kier alpha value is -2.43. The minimum Gasteiger partial charge on any atom is -0.309 e. The number of nitrogens with one attached hydrogen (secondary N) is 1. The molecule has 148 valence electrons. The smallest absolute Gasteiger partial charge is 0.309 e. The van der Waals surface area contributed by atoms with E-state index in [9.17, 15) is 26.4 Å². The third kappa shape index (κ3) is 4.03. The summed E-state index contributed by atoms with van der Waals surface area (Å²) in [5, 5.41) is 0.221. The number of fused-ring (bicyclic) bond motifs is 1. The van der Waals surface area contributed by atoms with Gasteiger partial charge in [0, 0.05) is 12.1 Å². The second kappa shape index (κ2) is 7.19. The first-order valence-electron chi connectivity index (χ1n) is 7.79. The van der Waals surface area contributed by atoms with Gasteiger partial charge in [-0.25, -0.2) is 13.4 Å². The molecule has 0 aliphatic heterocycles. The van der Waals surface area contributed by atoms with Crippen molar-refractivity contribution in [2.75, 3.05) is 0 Å². The average molecular weight is 432 g/mol. The van der Waals surface area contributed by atoms with Crippen LogP contribution >= 0.6 is 11.6 Å². The predicted molar refractivity (Wildman–Crippen MR) is 97.6 cm³/mol. The number of nitrogens with zero attached hydrogens (tertiary/aromatic N) is 2. The molecule has 0 spiro atoms. The summed E-state index contributed by atoms with van der Waals surface area (Å²) in [5.74, 6) is 0. The first-order valence-corrected chi connectivity index (χ1v) is 9.65. The van der Waals surface area contributed by atoms with E-state index in [0.29, 0.717) is 5.52 Å². The van der Waals surface area contributed by atoms with E-state index in [-0.39, 0.29) is 16.1 Å². The number of sulfonamides is 1. The molecule has 0 radical (unpaired) electrons. The monoisotopic (exact) mass is 431 g/mol. The van der Waals surface area contributed by atoms with Gasteiger partial charge in [0.1, 0.15) is 6.04 Å². The highest BCUT2D eigenvalue weighted by Crippen LogP contribution is 2.34. The van der Waals surface area contributed by atoms with Crippen LogP contribution in [0.3, 0.4) is 0 Å². The van der Waals surface area contributed by atoms with Gasteiger partial charge < -0.3 is 4.57 Å². The lowest BCUT2D eigenvalue weighted by Gasteiger charge is -2.22. The van der Waals surface area contributed by atoms with Crippen molar-refractivity contribution < 1.29 is 21.6 Å². The van der Waals surface area contributed by atoms with E-state index in [4.69, 9.17) is 11.6 Å². The van der Waals surface area contributed by atoms with Gasteiger partial charge in [-0.1, -0.05) is 23.7 Å². The van der Waals surface area contributed by atoms with Gasteiger partial charge in [-0.15, -0.1) is 0 Å². The summed E-state index contributed by atoms with van der Waals surface area (Å²) in [7, 11) is -3.07. The van der Waals surface area contributed by atoms with E-state index in [2.05, 4.69) is 4.98 Å². The fourth-order valence-corrected chi connectivity index (χ4v) is 3.95. The number of aryl methyl sites for hydroxylation is 1. The van der Waals surface area contributed by atoms with Crippen LogP contribution in [-0.4, -0.2) is 24.1 Å². The summed E-state index contributed by atoms with van der Waals surface area (Å²) in [6, 6.07) is 5.74. The van der Waals surface area contributed by atoms with Crippen molar-refractivity contribution in [3.05, 3.63) is 69.6 Å². The fraction of sp³-hybridized carbons (Fsp3) is 0.176. The first kappa shape index (κ1) is 20.3. The van der Waals surface area contributed by atoms with Crippen molar-refractivity contribution in [2.24, 2.45) is 7.05 Å². The van der Waals surface area contributed by atoms with Crippen molar-refractivity contribution in [3.8, 4) is 0 Å². The van der Waals surface area contributed by atoms with E-state index in [1.807, 2.05) is 0 Å². The number of halogens is 4. The van der Waals surface area contributed by atoms with Gasteiger partial charge >= 0.3 is 6.18 Å². The molecule has 3 aromatic rings. The molecule has 1 aromatic heterocycles.